The first-order valence-electron chi connectivity index (χ1n) is 6.78. The van der Waals surface area contributed by atoms with E-state index in [0.29, 0.717) is 5.69 Å². The van der Waals surface area contributed by atoms with Crippen LogP contribution < -0.4 is 5.73 Å². The standard InChI is InChI=1S/C15H13BrN4O3/c16-10-2-1-9-3-4-19(13(9)5-10)15(23)20-8-18-7-11(20)6-12(17)14(21)22/h1-5,7-8,12H,6,17H2,(H,21,22). The monoisotopic (exact) mass is 376 g/mol. The first-order valence-corrected chi connectivity index (χ1v) is 7.57. The van der Waals surface area contributed by atoms with E-state index >= 15 is 0 Å². The number of aliphatic carboxylic acids is 1. The Morgan fingerprint density at radius 2 is 2.09 bits per heavy atom. The van der Waals surface area contributed by atoms with E-state index in [1.165, 1.54) is 21.7 Å². The van der Waals surface area contributed by atoms with Crippen LogP contribution in [0.1, 0.15) is 5.69 Å². The van der Waals surface area contributed by atoms with Crippen LogP contribution in [0.25, 0.3) is 10.9 Å². The summed E-state index contributed by atoms with van der Waals surface area (Å²) in [5.41, 5.74) is 6.73. The fraction of sp³-hybridized carbons (Fsp3) is 0.133. The van der Waals surface area contributed by atoms with Crippen molar-refractivity contribution in [1.82, 2.24) is 14.1 Å². The lowest BCUT2D eigenvalue weighted by Crippen LogP contribution is -2.34. The average molecular weight is 377 g/mol. The van der Waals surface area contributed by atoms with Gasteiger partial charge in [0.25, 0.3) is 0 Å². The number of carbonyl (C=O) groups excluding carboxylic acids is 1. The molecule has 0 bridgehead atoms. The number of carboxylic acid groups (broad SMARTS) is 1. The van der Waals surface area contributed by atoms with Gasteiger partial charge in [0.15, 0.2) is 0 Å². The second-order valence-corrected chi connectivity index (χ2v) is 5.99. The summed E-state index contributed by atoms with van der Waals surface area (Å²) in [6.07, 6.45) is 4.49. The third kappa shape index (κ3) is 2.90. The zero-order valence-electron chi connectivity index (χ0n) is 11.9. The zero-order chi connectivity index (χ0) is 16.6. The van der Waals surface area contributed by atoms with Gasteiger partial charge >= 0.3 is 12.0 Å². The lowest BCUT2D eigenvalue weighted by molar-refractivity contribution is -0.138. The molecule has 0 radical (unpaired) electrons. The number of rotatable bonds is 3. The van der Waals surface area contributed by atoms with E-state index in [2.05, 4.69) is 20.9 Å². The van der Waals surface area contributed by atoms with Crippen LogP contribution in [0.5, 0.6) is 0 Å². The molecule has 0 aliphatic rings. The predicted molar refractivity (Wildman–Crippen MR) is 87.4 cm³/mol. The topological polar surface area (TPSA) is 103 Å². The van der Waals surface area contributed by atoms with E-state index in [1.54, 1.807) is 6.20 Å². The summed E-state index contributed by atoms with van der Waals surface area (Å²) in [6, 6.07) is 6.04. The summed E-state index contributed by atoms with van der Waals surface area (Å²) in [5.74, 6) is -1.12. The van der Waals surface area contributed by atoms with Crippen molar-refractivity contribution >= 4 is 38.8 Å². The highest BCUT2D eigenvalue weighted by Crippen LogP contribution is 2.21. The minimum absolute atomic E-state index is 0.0178. The van der Waals surface area contributed by atoms with Crippen LogP contribution >= 0.6 is 15.9 Å². The number of fused-ring (bicyclic) bond motifs is 1. The maximum absolute atomic E-state index is 12.7. The average Bonchev–Trinajstić information content (AvgIpc) is 3.12. The van der Waals surface area contributed by atoms with Gasteiger partial charge in [0.05, 0.1) is 5.52 Å². The fourth-order valence-corrected chi connectivity index (χ4v) is 2.69. The number of benzene rings is 1. The maximum atomic E-state index is 12.7. The van der Waals surface area contributed by atoms with E-state index in [-0.39, 0.29) is 12.5 Å². The van der Waals surface area contributed by atoms with Gasteiger partial charge < -0.3 is 10.8 Å². The Hall–Kier alpha value is -2.45. The molecule has 8 heteroatoms. The number of hydrogen-bond acceptors (Lipinski definition) is 4. The van der Waals surface area contributed by atoms with Crippen molar-refractivity contribution in [3.63, 3.8) is 0 Å². The molecule has 0 amide bonds. The van der Waals surface area contributed by atoms with Gasteiger partial charge in [-0.15, -0.1) is 0 Å². The van der Waals surface area contributed by atoms with Gasteiger partial charge in [0.2, 0.25) is 0 Å². The Balaban J connectivity index is 1.99. The summed E-state index contributed by atoms with van der Waals surface area (Å²) in [6.45, 7) is 0. The lowest BCUT2D eigenvalue weighted by atomic mass is 10.2. The van der Waals surface area contributed by atoms with Gasteiger partial charge in [0, 0.05) is 34.4 Å². The molecule has 0 saturated heterocycles. The number of aromatic nitrogens is 3. The van der Waals surface area contributed by atoms with Crippen molar-refractivity contribution < 1.29 is 14.7 Å². The number of nitrogens with two attached hydrogens (primary N) is 1. The van der Waals surface area contributed by atoms with Crippen LogP contribution in [0.2, 0.25) is 0 Å². The number of carbonyl (C=O) groups is 2. The molecule has 3 N–H and O–H groups in total. The smallest absolute Gasteiger partial charge is 0.338 e. The summed E-state index contributed by atoms with van der Waals surface area (Å²) >= 11 is 3.39. The van der Waals surface area contributed by atoms with Gasteiger partial charge in [-0.3, -0.25) is 13.9 Å². The zero-order valence-corrected chi connectivity index (χ0v) is 13.5. The van der Waals surface area contributed by atoms with Crippen molar-refractivity contribution in [2.24, 2.45) is 5.73 Å². The molecule has 2 heterocycles. The number of halogens is 1. The lowest BCUT2D eigenvalue weighted by Gasteiger charge is -2.10. The first-order chi connectivity index (χ1) is 11.0. The molecule has 1 aromatic carbocycles. The second-order valence-electron chi connectivity index (χ2n) is 5.08. The summed E-state index contributed by atoms with van der Waals surface area (Å²) < 4.78 is 3.65. The van der Waals surface area contributed by atoms with Crippen LogP contribution in [0.15, 0.2) is 47.5 Å². The predicted octanol–water partition coefficient (Wildman–Crippen LogP) is 2.07. The van der Waals surface area contributed by atoms with Gasteiger partial charge in [-0.1, -0.05) is 22.0 Å². The van der Waals surface area contributed by atoms with Crippen LogP contribution in [0, 0.1) is 0 Å². The first kappa shape index (κ1) is 15.4. The van der Waals surface area contributed by atoms with E-state index in [4.69, 9.17) is 10.8 Å². The highest BCUT2D eigenvalue weighted by molar-refractivity contribution is 9.10. The molecule has 0 saturated carbocycles. The Labute approximate surface area is 139 Å². The molecule has 118 valence electrons. The van der Waals surface area contributed by atoms with E-state index in [1.807, 2.05) is 24.3 Å². The van der Waals surface area contributed by atoms with Gasteiger partial charge in [-0.25, -0.2) is 9.78 Å². The third-order valence-electron chi connectivity index (χ3n) is 3.53. The Bertz CT molecular complexity index is 899. The van der Waals surface area contributed by atoms with E-state index in [0.717, 1.165) is 15.4 Å². The maximum Gasteiger partial charge on any atom is 0.338 e. The minimum Gasteiger partial charge on any atom is -0.480 e. The minimum atomic E-state index is -1.12. The van der Waals surface area contributed by atoms with Crippen LogP contribution in [0.4, 0.5) is 4.79 Å². The molecule has 0 fully saturated rings. The Kier molecular flexibility index (Phi) is 4.01. The van der Waals surface area contributed by atoms with Crippen LogP contribution in [0.3, 0.4) is 0 Å². The number of imidazole rings is 1. The van der Waals surface area contributed by atoms with Crippen molar-refractivity contribution in [3.8, 4) is 0 Å². The van der Waals surface area contributed by atoms with Crippen molar-refractivity contribution in [2.75, 3.05) is 0 Å². The van der Waals surface area contributed by atoms with Crippen molar-refractivity contribution in [1.29, 1.82) is 0 Å². The molecule has 0 spiro atoms. The summed E-state index contributed by atoms with van der Waals surface area (Å²) in [7, 11) is 0. The molecule has 3 aromatic rings. The Morgan fingerprint density at radius 1 is 1.30 bits per heavy atom. The molecule has 0 aliphatic carbocycles. The quantitative estimate of drug-likeness (QED) is 0.728. The van der Waals surface area contributed by atoms with Crippen molar-refractivity contribution in [2.45, 2.75) is 12.5 Å². The van der Waals surface area contributed by atoms with Crippen LogP contribution in [-0.2, 0) is 11.2 Å². The molecular formula is C15H13BrN4O3. The molecule has 2 aromatic heterocycles. The molecule has 3 rings (SSSR count). The molecule has 0 aliphatic heterocycles. The third-order valence-corrected chi connectivity index (χ3v) is 4.02. The number of nitrogens with zero attached hydrogens (tertiary/aromatic N) is 3. The van der Waals surface area contributed by atoms with Crippen LogP contribution in [-0.4, -0.2) is 37.3 Å². The normalized spacial score (nSPS) is 12.4. The second kappa shape index (κ2) is 5.98. The molecule has 7 nitrogen and oxygen atoms in total. The SMILES string of the molecule is NC(Cc1cncn1C(=O)n1ccc2ccc(Br)cc21)C(=O)O. The highest BCUT2D eigenvalue weighted by Gasteiger charge is 2.19. The fourth-order valence-electron chi connectivity index (χ4n) is 2.34. The van der Waals surface area contributed by atoms with E-state index in [9.17, 15) is 9.59 Å². The molecule has 23 heavy (non-hydrogen) atoms. The Morgan fingerprint density at radius 3 is 2.83 bits per heavy atom. The van der Waals surface area contributed by atoms with Crippen molar-refractivity contribution in [3.05, 3.63) is 53.2 Å². The molecule has 1 unspecified atom stereocenters. The summed E-state index contributed by atoms with van der Waals surface area (Å²) in [5, 5.41) is 9.84. The largest absolute Gasteiger partial charge is 0.480 e. The molecular weight excluding hydrogens is 364 g/mol. The van der Waals surface area contributed by atoms with Gasteiger partial charge in [-0.2, -0.15) is 0 Å². The highest BCUT2D eigenvalue weighted by atomic mass is 79.9. The number of hydrogen-bond donors (Lipinski definition) is 2. The van der Waals surface area contributed by atoms with Gasteiger partial charge in [-0.05, 0) is 18.2 Å². The summed E-state index contributed by atoms with van der Waals surface area (Å²) in [4.78, 5) is 27.6. The molecule has 1 atom stereocenters. The van der Waals surface area contributed by atoms with E-state index < -0.39 is 12.0 Å². The van der Waals surface area contributed by atoms with Gasteiger partial charge in [0.1, 0.15) is 12.4 Å². The number of carboxylic acids is 1.